The molecular formula is C23H17BrN2O. The van der Waals surface area contributed by atoms with Crippen molar-refractivity contribution in [2.45, 2.75) is 6.54 Å². The molecule has 3 aromatic carbocycles. The molecule has 0 spiro atoms. The van der Waals surface area contributed by atoms with Crippen molar-refractivity contribution in [2.24, 2.45) is 4.99 Å². The third-order valence-electron chi connectivity index (χ3n) is 4.34. The number of hydrogen-bond acceptors (Lipinski definition) is 2. The molecule has 1 aliphatic heterocycles. The predicted molar refractivity (Wildman–Crippen MR) is 112 cm³/mol. The van der Waals surface area contributed by atoms with Crippen LogP contribution in [0.3, 0.4) is 0 Å². The molecule has 0 aromatic heterocycles. The molecule has 0 N–H and O–H groups in total. The summed E-state index contributed by atoms with van der Waals surface area (Å²) in [4.78, 5) is 19.5. The lowest BCUT2D eigenvalue weighted by Crippen LogP contribution is -2.32. The summed E-state index contributed by atoms with van der Waals surface area (Å²) in [6, 6.07) is 27.6. The Kier molecular flexibility index (Phi) is 4.99. The number of hydrogen-bond donors (Lipinski definition) is 0. The molecule has 1 amide bonds. The standard InChI is InChI=1S/C23H17BrN2O/c24-20-13-11-17(12-14-20)15-21-23(27)26(16-18-7-3-1-4-8-18)22(25-21)19-9-5-2-6-10-19/h1-15H,16H2/b21-15-. The summed E-state index contributed by atoms with van der Waals surface area (Å²) >= 11 is 3.43. The first kappa shape index (κ1) is 17.4. The van der Waals surface area contributed by atoms with Crippen molar-refractivity contribution in [3.63, 3.8) is 0 Å². The van der Waals surface area contributed by atoms with E-state index in [1.807, 2.05) is 91.0 Å². The Morgan fingerprint density at radius 1 is 0.852 bits per heavy atom. The molecule has 3 aromatic rings. The first-order chi connectivity index (χ1) is 13.2. The van der Waals surface area contributed by atoms with Crippen LogP contribution in [0.1, 0.15) is 16.7 Å². The minimum absolute atomic E-state index is 0.0828. The fourth-order valence-electron chi connectivity index (χ4n) is 2.99. The Labute approximate surface area is 166 Å². The van der Waals surface area contributed by atoms with E-state index in [1.165, 1.54) is 0 Å². The summed E-state index contributed by atoms with van der Waals surface area (Å²) in [6.45, 7) is 0.491. The number of benzene rings is 3. The van der Waals surface area contributed by atoms with E-state index in [9.17, 15) is 4.79 Å². The normalized spacial score (nSPS) is 15.3. The molecule has 1 aliphatic rings. The van der Waals surface area contributed by atoms with E-state index in [1.54, 1.807) is 4.90 Å². The van der Waals surface area contributed by atoms with E-state index in [-0.39, 0.29) is 5.91 Å². The van der Waals surface area contributed by atoms with Crippen molar-refractivity contribution in [1.82, 2.24) is 4.90 Å². The number of rotatable bonds is 4. The van der Waals surface area contributed by atoms with Gasteiger partial charge in [-0.2, -0.15) is 0 Å². The van der Waals surface area contributed by atoms with Crippen LogP contribution in [0.2, 0.25) is 0 Å². The Morgan fingerprint density at radius 3 is 2.15 bits per heavy atom. The van der Waals surface area contributed by atoms with Gasteiger partial charge >= 0.3 is 0 Å². The average molecular weight is 417 g/mol. The number of nitrogens with zero attached hydrogens (tertiary/aromatic N) is 2. The number of carbonyl (C=O) groups is 1. The van der Waals surface area contributed by atoms with Crippen LogP contribution in [0.15, 0.2) is 100 Å². The Bertz CT molecular complexity index is 1010. The largest absolute Gasteiger partial charge is 0.286 e. The van der Waals surface area contributed by atoms with Crippen molar-refractivity contribution in [3.8, 4) is 0 Å². The fraction of sp³-hybridized carbons (Fsp3) is 0.0435. The Hall–Kier alpha value is -2.98. The van der Waals surface area contributed by atoms with Crippen LogP contribution in [0.25, 0.3) is 6.08 Å². The molecule has 4 rings (SSSR count). The molecule has 4 heteroatoms. The van der Waals surface area contributed by atoms with Crippen molar-refractivity contribution in [2.75, 3.05) is 0 Å². The molecule has 0 aliphatic carbocycles. The zero-order chi connectivity index (χ0) is 18.6. The van der Waals surface area contributed by atoms with Gasteiger partial charge in [0.25, 0.3) is 5.91 Å². The Balaban J connectivity index is 1.72. The van der Waals surface area contributed by atoms with Crippen molar-refractivity contribution >= 4 is 33.7 Å². The molecule has 0 fully saturated rings. The molecule has 0 bridgehead atoms. The van der Waals surface area contributed by atoms with Gasteiger partial charge < -0.3 is 0 Å². The van der Waals surface area contributed by atoms with E-state index in [0.29, 0.717) is 18.1 Å². The SMILES string of the molecule is O=C1/C(=C/c2ccc(Br)cc2)N=C(c2ccccc2)N1Cc1ccccc1. The number of amides is 1. The average Bonchev–Trinajstić information content (AvgIpc) is 3.01. The lowest BCUT2D eigenvalue weighted by atomic mass is 10.1. The second-order valence-electron chi connectivity index (χ2n) is 6.26. The molecule has 0 radical (unpaired) electrons. The second kappa shape index (κ2) is 7.72. The van der Waals surface area contributed by atoms with Crippen molar-refractivity contribution in [3.05, 3.63) is 112 Å². The highest BCUT2D eigenvalue weighted by Crippen LogP contribution is 2.24. The third kappa shape index (κ3) is 3.91. The van der Waals surface area contributed by atoms with Gasteiger partial charge in [-0.3, -0.25) is 9.69 Å². The highest BCUT2D eigenvalue weighted by Gasteiger charge is 2.30. The summed E-state index contributed by atoms with van der Waals surface area (Å²) in [5.74, 6) is 0.605. The molecule has 1 heterocycles. The minimum atomic E-state index is -0.0828. The van der Waals surface area contributed by atoms with Gasteiger partial charge in [-0.1, -0.05) is 88.7 Å². The van der Waals surface area contributed by atoms with Gasteiger partial charge in [-0.15, -0.1) is 0 Å². The molecular weight excluding hydrogens is 400 g/mol. The van der Waals surface area contributed by atoms with E-state index < -0.39 is 0 Å². The zero-order valence-corrected chi connectivity index (χ0v) is 16.1. The lowest BCUT2D eigenvalue weighted by Gasteiger charge is -2.18. The number of aliphatic imine (C=N–C) groups is 1. The Morgan fingerprint density at radius 2 is 1.48 bits per heavy atom. The van der Waals surface area contributed by atoms with Crippen LogP contribution in [0.4, 0.5) is 0 Å². The fourth-order valence-corrected chi connectivity index (χ4v) is 3.25. The maximum Gasteiger partial charge on any atom is 0.278 e. The van der Waals surface area contributed by atoms with Crippen LogP contribution in [0.5, 0.6) is 0 Å². The highest BCUT2D eigenvalue weighted by molar-refractivity contribution is 9.10. The zero-order valence-electron chi connectivity index (χ0n) is 14.5. The van der Waals surface area contributed by atoms with E-state index in [4.69, 9.17) is 0 Å². The van der Waals surface area contributed by atoms with Gasteiger partial charge in [0.2, 0.25) is 0 Å². The summed E-state index contributed by atoms with van der Waals surface area (Å²) in [5.41, 5.74) is 3.40. The van der Waals surface area contributed by atoms with E-state index in [0.717, 1.165) is 21.2 Å². The third-order valence-corrected chi connectivity index (χ3v) is 4.86. The number of carbonyl (C=O) groups excluding carboxylic acids is 1. The minimum Gasteiger partial charge on any atom is -0.286 e. The first-order valence-corrected chi connectivity index (χ1v) is 9.47. The number of halogens is 1. The van der Waals surface area contributed by atoms with E-state index >= 15 is 0 Å². The van der Waals surface area contributed by atoms with Crippen LogP contribution < -0.4 is 0 Å². The van der Waals surface area contributed by atoms with Crippen LogP contribution in [-0.4, -0.2) is 16.6 Å². The topological polar surface area (TPSA) is 32.7 Å². The first-order valence-electron chi connectivity index (χ1n) is 8.68. The summed E-state index contributed by atoms with van der Waals surface area (Å²) in [7, 11) is 0. The van der Waals surface area contributed by atoms with Crippen LogP contribution in [-0.2, 0) is 11.3 Å². The van der Waals surface area contributed by atoms with Gasteiger partial charge in [0, 0.05) is 10.0 Å². The van der Waals surface area contributed by atoms with Gasteiger partial charge in [-0.05, 0) is 29.3 Å². The monoisotopic (exact) mass is 416 g/mol. The summed E-state index contributed by atoms with van der Waals surface area (Å²) < 4.78 is 1.00. The molecule has 27 heavy (non-hydrogen) atoms. The van der Waals surface area contributed by atoms with Crippen LogP contribution >= 0.6 is 15.9 Å². The predicted octanol–water partition coefficient (Wildman–Crippen LogP) is 5.28. The second-order valence-corrected chi connectivity index (χ2v) is 7.18. The quantitative estimate of drug-likeness (QED) is 0.532. The summed E-state index contributed by atoms with van der Waals surface area (Å²) in [6.07, 6.45) is 1.84. The van der Waals surface area contributed by atoms with Crippen molar-refractivity contribution in [1.29, 1.82) is 0 Å². The highest BCUT2D eigenvalue weighted by atomic mass is 79.9. The maximum absolute atomic E-state index is 13.1. The molecule has 0 unspecified atom stereocenters. The van der Waals surface area contributed by atoms with Crippen molar-refractivity contribution < 1.29 is 4.79 Å². The van der Waals surface area contributed by atoms with Crippen LogP contribution in [0, 0.1) is 0 Å². The smallest absolute Gasteiger partial charge is 0.278 e. The maximum atomic E-state index is 13.1. The van der Waals surface area contributed by atoms with E-state index in [2.05, 4.69) is 20.9 Å². The molecule has 0 saturated heterocycles. The summed E-state index contributed by atoms with van der Waals surface area (Å²) in [5, 5.41) is 0. The molecule has 3 nitrogen and oxygen atoms in total. The number of amidine groups is 1. The van der Waals surface area contributed by atoms with Gasteiger partial charge in [0.1, 0.15) is 11.5 Å². The molecule has 0 saturated carbocycles. The van der Waals surface area contributed by atoms with Gasteiger partial charge in [0.05, 0.1) is 6.54 Å². The molecule has 0 atom stereocenters. The van der Waals surface area contributed by atoms with Gasteiger partial charge in [-0.25, -0.2) is 4.99 Å². The molecule has 132 valence electrons. The van der Waals surface area contributed by atoms with Gasteiger partial charge in [0.15, 0.2) is 0 Å². The lowest BCUT2D eigenvalue weighted by molar-refractivity contribution is -0.123.